The van der Waals surface area contributed by atoms with E-state index in [0.717, 1.165) is 4.71 Å². The minimum absolute atomic E-state index is 0.926. The van der Waals surface area contributed by atoms with Crippen molar-refractivity contribution in [2.75, 3.05) is 12.5 Å². The first-order chi connectivity index (χ1) is 2.81. The van der Waals surface area contributed by atoms with E-state index in [1.54, 1.807) is 23.5 Å². The van der Waals surface area contributed by atoms with Crippen molar-refractivity contribution in [1.82, 2.24) is 0 Å². The van der Waals surface area contributed by atoms with Crippen LogP contribution in [0.4, 0.5) is 0 Å². The molecule has 0 aromatic carbocycles. The molecule has 0 unspecified atom stereocenters. The van der Waals surface area contributed by atoms with Crippen LogP contribution in [0.5, 0.6) is 0 Å². The van der Waals surface area contributed by atoms with E-state index in [-0.39, 0.29) is 0 Å². The van der Waals surface area contributed by atoms with Gasteiger partial charge in [0.2, 0.25) is 0 Å². The normalized spacial score (nSPS) is 10.0. The van der Waals surface area contributed by atoms with Crippen molar-refractivity contribution in [3.63, 3.8) is 0 Å². The van der Waals surface area contributed by atoms with Crippen LogP contribution in [0.15, 0.2) is 0 Å². The van der Waals surface area contributed by atoms with Crippen molar-refractivity contribution in [3.8, 4) is 0 Å². The van der Waals surface area contributed by atoms with E-state index >= 15 is 0 Å². The van der Waals surface area contributed by atoms with E-state index in [9.17, 15) is 0 Å². The molecular formula is C3H8NS2. The maximum atomic E-state index is 5.31. The Hall–Kier alpha value is 0.660. The molecule has 0 spiro atoms. The van der Waals surface area contributed by atoms with Gasteiger partial charge in [-0.25, -0.2) is 0 Å². The van der Waals surface area contributed by atoms with E-state index in [0.29, 0.717) is 0 Å². The SMILES string of the molecule is CS[C](N)SC. The summed E-state index contributed by atoms with van der Waals surface area (Å²) in [4.78, 5) is 0. The van der Waals surface area contributed by atoms with E-state index in [1.165, 1.54) is 0 Å². The fourth-order valence-corrected chi connectivity index (χ4v) is 0.750. The highest BCUT2D eigenvalue weighted by molar-refractivity contribution is 8.19. The fraction of sp³-hybridized carbons (Fsp3) is 0.667. The minimum Gasteiger partial charge on any atom is -0.305 e. The minimum atomic E-state index is 0.926. The lowest BCUT2D eigenvalue weighted by molar-refractivity contribution is 1.52. The number of thioether (sulfide) groups is 2. The lowest BCUT2D eigenvalue weighted by Crippen LogP contribution is -1.96. The predicted molar refractivity (Wildman–Crippen MR) is 34.5 cm³/mol. The zero-order valence-corrected chi connectivity index (χ0v) is 5.53. The highest BCUT2D eigenvalue weighted by Gasteiger charge is 1.91. The van der Waals surface area contributed by atoms with E-state index < -0.39 is 0 Å². The van der Waals surface area contributed by atoms with Gasteiger partial charge in [0.05, 0.1) is 0 Å². The standard InChI is InChI=1S/C3H8NS2/c1-5-3(4)6-2/h4H2,1-2H3. The maximum absolute atomic E-state index is 5.31. The lowest BCUT2D eigenvalue weighted by Gasteiger charge is -1.97. The molecule has 0 aliphatic heterocycles. The van der Waals surface area contributed by atoms with Crippen LogP contribution in [-0.4, -0.2) is 12.5 Å². The van der Waals surface area contributed by atoms with Crippen molar-refractivity contribution in [1.29, 1.82) is 0 Å². The molecule has 0 atom stereocenters. The number of nitrogens with two attached hydrogens (primary N) is 1. The summed E-state index contributed by atoms with van der Waals surface area (Å²) >= 11 is 3.16. The molecule has 0 heterocycles. The topological polar surface area (TPSA) is 26.0 Å². The fourth-order valence-electron chi connectivity index (χ4n) is 0.0833. The van der Waals surface area contributed by atoms with Crippen LogP contribution in [0.3, 0.4) is 0 Å². The summed E-state index contributed by atoms with van der Waals surface area (Å²) in [6, 6.07) is 0. The lowest BCUT2D eigenvalue weighted by atomic mass is 11.5. The van der Waals surface area contributed by atoms with Gasteiger partial charge in [0.25, 0.3) is 0 Å². The molecule has 0 aliphatic rings. The average Bonchev–Trinajstić information content (AvgIpc) is 1.65. The second-order valence-corrected chi connectivity index (χ2v) is 2.68. The van der Waals surface area contributed by atoms with Gasteiger partial charge < -0.3 is 5.73 Å². The molecule has 1 radical (unpaired) electrons. The van der Waals surface area contributed by atoms with Crippen LogP contribution in [-0.2, 0) is 0 Å². The molecule has 6 heavy (non-hydrogen) atoms. The molecule has 3 heteroatoms. The van der Waals surface area contributed by atoms with Crippen LogP contribution in [0.25, 0.3) is 0 Å². The van der Waals surface area contributed by atoms with Crippen molar-refractivity contribution in [2.45, 2.75) is 0 Å². The summed E-state index contributed by atoms with van der Waals surface area (Å²) in [5, 5.41) is 0. The first kappa shape index (κ1) is 6.66. The van der Waals surface area contributed by atoms with Crippen molar-refractivity contribution in [3.05, 3.63) is 4.71 Å². The Morgan fingerprint density at radius 1 is 1.33 bits per heavy atom. The number of rotatable bonds is 2. The average molecular weight is 122 g/mol. The van der Waals surface area contributed by atoms with Crippen molar-refractivity contribution >= 4 is 23.5 Å². The quantitative estimate of drug-likeness (QED) is 0.594. The molecule has 0 aromatic heterocycles. The Labute approximate surface area is 47.1 Å². The van der Waals surface area contributed by atoms with Gasteiger partial charge in [0.15, 0.2) is 0 Å². The summed E-state index contributed by atoms with van der Waals surface area (Å²) in [5.41, 5.74) is 5.31. The van der Waals surface area contributed by atoms with Crippen LogP contribution < -0.4 is 5.73 Å². The van der Waals surface area contributed by atoms with Gasteiger partial charge in [-0.2, -0.15) is 0 Å². The maximum Gasteiger partial charge on any atom is 0.146 e. The van der Waals surface area contributed by atoms with Crippen molar-refractivity contribution < 1.29 is 0 Å². The molecule has 0 amide bonds. The summed E-state index contributed by atoms with van der Waals surface area (Å²) in [5.74, 6) is 0. The van der Waals surface area contributed by atoms with E-state index in [1.807, 2.05) is 12.5 Å². The Morgan fingerprint density at radius 2 is 1.67 bits per heavy atom. The Morgan fingerprint density at radius 3 is 1.67 bits per heavy atom. The summed E-state index contributed by atoms with van der Waals surface area (Å²) in [7, 11) is 0. The largest absolute Gasteiger partial charge is 0.305 e. The van der Waals surface area contributed by atoms with Crippen LogP contribution in [0.2, 0.25) is 0 Å². The second kappa shape index (κ2) is 3.84. The summed E-state index contributed by atoms with van der Waals surface area (Å²) in [6.45, 7) is 0. The van der Waals surface area contributed by atoms with Gasteiger partial charge in [0.1, 0.15) is 4.71 Å². The molecule has 0 aliphatic carbocycles. The molecule has 37 valence electrons. The van der Waals surface area contributed by atoms with Gasteiger partial charge in [-0.1, -0.05) is 0 Å². The van der Waals surface area contributed by atoms with Crippen LogP contribution in [0, 0.1) is 4.71 Å². The highest BCUT2D eigenvalue weighted by Crippen LogP contribution is 2.19. The third kappa shape index (κ3) is 2.87. The molecule has 0 aromatic rings. The van der Waals surface area contributed by atoms with Crippen LogP contribution >= 0.6 is 23.5 Å². The highest BCUT2D eigenvalue weighted by atomic mass is 32.2. The molecule has 0 rings (SSSR count). The number of hydrogen-bond acceptors (Lipinski definition) is 3. The Kier molecular flexibility index (Phi) is 4.26. The molecule has 0 fully saturated rings. The number of hydrogen-bond donors (Lipinski definition) is 1. The Balaban J connectivity index is 2.75. The Bertz CT molecular complexity index is 28.0. The molecule has 2 N–H and O–H groups in total. The van der Waals surface area contributed by atoms with Gasteiger partial charge in [0, 0.05) is 0 Å². The third-order valence-electron chi connectivity index (χ3n) is 0.402. The third-order valence-corrected chi connectivity index (χ3v) is 2.21. The zero-order chi connectivity index (χ0) is 4.99. The predicted octanol–water partition coefficient (Wildman–Crippen LogP) is 1.12. The first-order valence-corrected chi connectivity index (χ1v) is 3.96. The molecule has 0 saturated carbocycles. The van der Waals surface area contributed by atoms with Gasteiger partial charge in [-0.3, -0.25) is 0 Å². The smallest absolute Gasteiger partial charge is 0.146 e. The monoisotopic (exact) mass is 122 g/mol. The summed E-state index contributed by atoms with van der Waals surface area (Å²) < 4.78 is 0.926. The van der Waals surface area contributed by atoms with Gasteiger partial charge >= 0.3 is 0 Å². The molecule has 1 nitrogen and oxygen atoms in total. The van der Waals surface area contributed by atoms with Crippen LogP contribution in [0.1, 0.15) is 0 Å². The zero-order valence-electron chi connectivity index (χ0n) is 3.89. The van der Waals surface area contributed by atoms with Gasteiger partial charge in [-0.05, 0) is 12.5 Å². The first-order valence-electron chi connectivity index (χ1n) is 1.51. The second-order valence-electron chi connectivity index (χ2n) is 0.727. The molecule has 0 saturated heterocycles. The molecular weight excluding hydrogens is 114 g/mol. The van der Waals surface area contributed by atoms with E-state index in [4.69, 9.17) is 5.73 Å². The van der Waals surface area contributed by atoms with E-state index in [2.05, 4.69) is 0 Å². The van der Waals surface area contributed by atoms with Crippen molar-refractivity contribution in [2.24, 2.45) is 5.73 Å². The van der Waals surface area contributed by atoms with Gasteiger partial charge in [-0.15, -0.1) is 23.5 Å². The summed E-state index contributed by atoms with van der Waals surface area (Å²) in [6.07, 6.45) is 3.93. The molecule has 0 bridgehead atoms.